The first-order valence-electron chi connectivity index (χ1n) is 11.2. The Kier molecular flexibility index (Phi) is 5.93. The maximum absolute atomic E-state index is 14.7. The molecule has 8 heteroatoms. The van der Waals surface area contributed by atoms with Gasteiger partial charge in [-0.3, -0.25) is 9.78 Å². The lowest BCUT2D eigenvalue weighted by Gasteiger charge is -2.29. The summed E-state index contributed by atoms with van der Waals surface area (Å²) >= 11 is 0. The first kappa shape index (κ1) is 21.7. The Morgan fingerprint density at radius 3 is 2.70 bits per heavy atom. The van der Waals surface area contributed by atoms with E-state index in [9.17, 15) is 18.0 Å². The van der Waals surface area contributed by atoms with Gasteiger partial charge in [0.15, 0.2) is 0 Å². The fourth-order valence-corrected chi connectivity index (χ4v) is 4.45. The number of fused-ring (bicyclic) bond motifs is 1. The molecular formula is C25H26F3N3O2. The number of hydrogen-bond donors (Lipinski definition) is 1. The van der Waals surface area contributed by atoms with Crippen LogP contribution in [0.1, 0.15) is 50.8 Å². The standard InChI is InChI=1S/C25H26F3N3O2/c1-15(18-5-4-6-19(23(18)26)24(27)28)30-22-9-11-29-21-8-7-17(13-20(21)22)25(33-3)10-12-31(14-25)16(2)32/h4-9,11,13,15,24H,10,12,14H2,1-3H3,(H,29,30)/t15-,25+/m1/s1/i11D. The highest BCUT2D eigenvalue weighted by molar-refractivity contribution is 5.92. The van der Waals surface area contributed by atoms with Crippen LogP contribution in [0.2, 0.25) is 0 Å². The largest absolute Gasteiger partial charge is 0.378 e. The molecule has 33 heavy (non-hydrogen) atoms. The highest BCUT2D eigenvalue weighted by Crippen LogP contribution is 2.38. The molecule has 0 unspecified atom stereocenters. The van der Waals surface area contributed by atoms with Crippen molar-refractivity contribution in [3.8, 4) is 0 Å². The summed E-state index contributed by atoms with van der Waals surface area (Å²) in [5.74, 6) is -0.972. The predicted octanol–water partition coefficient (Wildman–Crippen LogP) is 5.58. The number of nitrogens with one attached hydrogen (secondary N) is 1. The number of methoxy groups -OCH3 is 1. The molecule has 0 radical (unpaired) electrons. The number of carbonyl (C=O) groups is 1. The van der Waals surface area contributed by atoms with Crippen LogP contribution in [0.3, 0.4) is 0 Å². The van der Waals surface area contributed by atoms with Crippen LogP contribution >= 0.6 is 0 Å². The maximum Gasteiger partial charge on any atom is 0.266 e. The third-order valence-electron chi connectivity index (χ3n) is 6.41. The Morgan fingerprint density at radius 1 is 1.27 bits per heavy atom. The molecule has 0 spiro atoms. The number of rotatable bonds is 6. The molecule has 1 fully saturated rings. The molecule has 2 aromatic carbocycles. The summed E-state index contributed by atoms with van der Waals surface area (Å²) in [5, 5.41) is 3.86. The van der Waals surface area contributed by atoms with Crippen molar-refractivity contribution in [1.82, 2.24) is 9.88 Å². The van der Waals surface area contributed by atoms with E-state index in [1.807, 2.05) is 12.1 Å². The van der Waals surface area contributed by atoms with Crippen molar-refractivity contribution in [2.75, 3.05) is 25.5 Å². The lowest BCUT2D eigenvalue weighted by atomic mass is 9.91. The van der Waals surface area contributed by atoms with Crippen molar-refractivity contribution >= 4 is 22.5 Å². The lowest BCUT2D eigenvalue weighted by molar-refractivity contribution is -0.129. The quantitative estimate of drug-likeness (QED) is 0.524. The Hall–Kier alpha value is -3.13. The first-order valence-corrected chi connectivity index (χ1v) is 10.7. The smallest absolute Gasteiger partial charge is 0.266 e. The van der Waals surface area contributed by atoms with Crippen molar-refractivity contribution in [2.24, 2.45) is 0 Å². The summed E-state index contributed by atoms with van der Waals surface area (Å²) in [5.41, 5.74) is 0.714. The molecule has 1 aliphatic rings. The summed E-state index contributed by atoms with van der Waals surface area (Å²) < 4.78 is 55.0. The Bertz CT molecular complexity index is 1240. The SMILES string of the molecule is [2H]c1cc(N[C@H](C)c2cccc(C(F)F)c2F)c2cc([C@]3(OC)CCN(C(C)=O)C3)ccc2n1. The number of anilines is 1. The van der Waals surface area contributed by atoms with Gasteiger partial charge in [0.25, 0.3) is 6.43 Å². The molecule has 1 saturated heterocycles. The fourth-order valence-electron chi connectivity index (χ4n) is 4.45. The van der Waals surface area contributed by atoms with Crippen LogP contribution in [-0.2, 0) is 15.1 Å². The van der Waals surface area contributed by atoms with Crippen molar-refractivity contribution < 1.29 is 24.1 Å². The number of halogens is 3. The van der Waals surface area contributed by atoms with Crippen LogP contribution in [0.5, 0.6) is 0 Å². The molecular weight excluding hydrogens is 431 g/mol. The monoisotopic (exact) mass is 458 g/mol. The minimum Gasteiger partial charge on any atom is -0.378 e. The van der Waals surface area contributed by atoms with Crippen LogP contribution in [0.15, 0.2) is 48.6 Å². The van der Waals surface area contributed by atoms with Gasteiger partial charge in [0.2, 0.25) is 5.91 Å². The molecule has 4 rings (SSSR count). The van der Waals surface area contributed by atoms with Crippen LogP contribution in [0.4, 0.5) is 18.9 Å². The number of carbonyl (C=O) groups excluding carboxylic acids is 1. The summed E-state index contributed by atoms with van der Waals surface area (Å²) in [6, 6.07) is 10.4. The molecule has 2 heterocycles. The zero-order valence-corrected chi connectivity index (χ0v) is 18.7. The molecule has 1 amide bonds. The normalized spacial score (nSPS) is 19.7. The summed E-state index contributed by atoms with van der Waals surface area (Å²) in [6.07, 6.45) is -2.27. The number of aromatic nitrogens is 1. The van der Waals surface area contributed by atoms with E-state index < -0.39 is 29.4 Å². The van der Waals surface area contributed by atoms with Crippen molar-refractivity contribution in [3.63, 3.8) is 0 Å². The number of ether oxygens (including phenoxy) is 1. The van der Waals surface area contributed by atoms with Gasteiger partial charge in [-0.25, -0.2) is 13.2 Å². The highest BCUT2D eigenvalue weighted by atomic mass is 19.3. The van der Waals surface area contributed by atoms with E-state index in [4.69, 9.17) is 6.11 Å². The van der Waals surface area contributed by atoms with Crippen molar-refractivity contribution in [3.05, 3.63) is 71.1 Å². The zero-order valence-electron chi connectivity index (χ0n) is 19.7. The van der Waals surface area contributed by atoms with E-state index in [0.717, 1.165) is 11.6 Å². The van der Waals surface area contributed by atoms with E-state index in [-0.39, 0.29) is 17.6 Å². The summed E-state index contributed by atoms with van der Waals surface area (Å²) in [6.45, 7) is 4.19. The molecule has 0 saturated carbocycles. The van der Waals surface area contributed by atoms with Crippen LogP contribution in [-0.4, -0.2) is 36.0 Å². The number of alkyl halides is 2. The van der Waals surface area contributed by atoms with E-state index in [2.05, 4.69) is 10.3 Å². The number of pyridine rings is 1. The first-order chi connectivity index (χ1) is 16.1. The van der Waals surface area contributed by atoms with Gasteiger partial charge in [-0.05, 0) is 37.1 Å². The maximum atomic E-state index is 14.7. The number of amides is 1. The van der Waals surface area contributed by atoms with Crippen LogP contribution < -0.4 is 5.32 Å². The molecule has 1 aromatic heterocycles. The summed E-state index contributed by atoms with van der Waals surface area (Å²) in [7, 11) is 1.61. The number of hydrogen-bond acceptors (Lipinski definition) is 4. The van der Waals surface area contributed by atoms with Crippen molar-refractivity contribution in [2.45, 2.75) is 38.3 Å². The van der Waals surface area contributed by atoms with Gasteiger partial charge < -0.3 is 15.0 Å². The Labute approximate surface area is 192 Å². The van der Waals surface area contributed by atoms with Gasteiger partial charge in [-0.15, -0.1) is 0 Å². The number of nitrogens with zero attached hydrogens (tertiary/aromatic N) is 2. The molecule has 174 valence electrons. The van der Waals surface area contributed by atoms with Gasteiger partial charge in [0, 0.05) is 43.4 Å². The molecule has 3 aromatic rings. The average molecular weight is 459 g/mol. The second-order valence-corrected chi connectivity index (χ2v) is 8.34. The van der Waals surface area contributed by atoms with Gasteiger partial charge in [-0.2, -0.15) is 0 Å². The Balaban J connectivity index is 1.74. The fraction of sp³-hybridized carbons (Fsp3) is 0.360. The molecule has 1 aliphatic heterocycles. The average Bonchev–Trinajstić information content (AvgIpc) is 3.25. The van der Waals surface area contributed by atoms with E-state index in [0.29, 0.717) is 36.1 Å². The van der Waals surface area contributed by atoms with E-state index in [1.54, 1.807) is 25.0 Å². The Morgan fingerprint density at radius 2 is 2.03 bits per heavy atom. The molecule has 5 nitrogen and oxygen atoms in total. The van der Waals surface area contributed by atoms with Gasteiger partial charge >= 0.3 is 0 Å². The third kappa shape index (κ3) is 4.27. The lowest BCUT2D eigenvalue weighted by Crippen LogP contribution is -2.34. The van der Waals surface area contributed by atoms with Gasteiger partial charge in [0.1, 0.15) is 11.4 Å². The van der Waals surface area contributed by atoms with Crippen molar-refractivity contribution in [1.29, 1.82) is 0 Å². The summed E-state index contributed by atoms with van der Waals surface area (Å²) in [4.78, 5) is 17.9. The minimum atomic E-state index is -2.91. The minimum absolute atomic E-state index is 0.0156. The second kappa shape index (κ2) is 9.02. The highest BCUT2D eigenvalue weighted by Gasteiger charge is 2.41. The number of benzene rings is 2. The topological polar surface area (TPSA) is 54.5 Å². The van der Waals surface area contributed by atoms with E-state index >= 15 is 0 Å². The zero-order chi connectivity index (χ0) is 24.6. The van der Waals surface area contributed by atoms with Gasteiger partial charge in [-0.1, -0.05) is 24.3 Å². The molecule has 0 bridgehead atoms. The van der Waals surface area contributed by atoms with Crippen LogP contribution in [0, 0.1) is 5.82 Å². The number of likely N-dealkylation sites (tertiary alicyclic amines) is 1. The third-order valence-corrected chi connectivity index (χ3v) is 6.41. The molecule has 0 aliphatic carbocycles. The van der Waals surface area contributed by atoms with Crippen LogP contribution in [0.25, 0.3) is 10.9 Å². The van der Waals surface area contributed by atoms with E-state index in [1.165, 1.54) is 25.1 Å². The predicted molar refractivity (Wildman–Crippen MR) is 121 cm³/mol. The second-order valence-electron chi connectivity index (χ2n) is 8.34. The molecule has 2 atom stereocenters. The molecule has 1 N–H and O–H groups in total. The van der Waals surface area contributed by atoms with Gasteiger partial charge in [0.05, 0.1) is 25.0 Å².